The fourth-order valence-corrected chi connectivity index (χ4v) is 14.7. The molecule has 20 amide bonds. The van der Waals surface area contributed by atoms with Gasteiger partial charge in [-0.25, -0.2) is 0 Å². The number of hydrogen-bond acceptors (Lipinski definition) is 31. The van der Waals surface area contributed by atoms with Gasteiger partial charge in [-0.1, -0.05) is 106 Å². The van der Waals surface area contributed by atoms with Crippen LogP contribution in [0.2, 0.25) is 0 Å². The topological polar surface area (TPSA) is 947 Å². The predicted octanol–water partition coefficient (Wildman–Crippen LogP) is -15.7. The van der Waals surface area contributed by atoms with E-state index in [1.807, 2.05) is 0 Å². The fourth-order valence-electron chi connectivity index (χ4n) is 12.4. The molecule has 0 bridgehead atoms. The van der Waals surface area contributed by atoms with Crippen molar-refractivity contribution >= 4 is 164 Å². The molecule has 0 unspecified atom stereocenters. The highest BCUT2D eigenvalue weighted by atomic mass is 33.1. The summed E-state index contributed by atoms with van der Waals surface area (Å²) in [6.07, 6.45) is -3.27. The number of carboxylic acids is 1. The lowest BCUT2D eigenvalue weighted by Gasteiger charge is -2.29. The van der Waals surface area contributed by atoms with Crippen molar-refractivity contribution < 1.29 is 126 Å². The third kappa shape index (κ3) is 47.0. The highest BCUT2D eigenvalue weighted by molar-refractivity contribution is 8.76. The number of carbonyl (C=O) groups excluding carboxylic acids is 20. The predicted molar refractivity (Wildman–Crippen MR) is 494 cm³/mol. The summed E-state index contributed by atoms with van der Waals surface area (Å²) in [6.45, 7) is 0.610. The van der Waals surface area contributed by atoms with E-state index >= 15 is 0 Å². The summed E-state index contributed by atoms with van der Waals surface area (Å²) in [5.74, 6) is -29.8. The van der Waals surface area contributed by atoms with Gasteiger partial charge in [-0.05, 0) is 68.3 Å². The lowest BCUT2D eigenvalue weighted by atomic mass is 9.96. The Morgan fingerprint density at radius 3 is 1.36 bits per heavy atom. The Bertz CT molecular complexity index is 4380. The molecule has 1 fully saturated rings. The number of primary amides is 2. The molecular weight excluding hydrogens is 1850 g/mol. The van der Waals surface area contributed by atoms with Crippen LogP contribution in [0.3, 0.4) is 0 Å². The molecule has 56 nitrogen and oxygen atoms in total. The van der Waals surface area contributed by atoms with Gasteiger partial charge in [0.2, 0.25) is 118 Å². The Balaban J connectivity index is 2.99. The fraction of sp³-hybridized carbons (Fsp3) is 0.620. The third-order valence-electron chi connectivity index (χ3n) is 20.2. The number of benzene rings is 1. The average Bonchev–Trinajstić information content (AvgIpc) is 0.850. The Kier molecular flexibility index (Phi) is 55.5. The Labute approximate surface area is 795 Å². The van der Waals surface area contributed by atoms with E-state index in [2.05, 4.69) is 111 Å². The molecule has 1 aromatic carbocycles. The van der Waals surface area contributed by atoms with Crippen LogP contribution < -0.4 is 147 Å². The van der Waals surface area contributed by atoms with Crippen LogP contribution in [0.15, 0.2) is 45.3 Å². The minimum Gasteiger partial charge on any atom is -0.481 e. The molecule has 1 aliphatic heterocycles. The van der Waals surface area contributed by atoms with Crippen LogP contribution in [0.25, 0.3) is 0 Å². The standard InChI is InChI=1S/C79H132N30O26S2/c1-7-38(5)60-75(134)95-30-57(117)98-49(32-111)65(124)93-28-56(116)97-45(23-37(3)4)64(123)92-29-58(118)99-53(74(133)103-47(25-54(81)114)70(129)106-51(34-113)72(131)102-46(24-40-15-10-9-11-16-40)69(128)100-42(62(82)121)17-12-20-89-77(83)84)36-137-136-35-52(107-73(132)50(33-112)105-63(122)41(80)31-110)66(125)94-27-55(115)96-43(18-13-21-90-78(85)86)67(126)109-61(39(6)8-2)76(135)104-48(26-59(119)120)71(130)101-44(68(127)108-60)19-14-22-91-79(87)88/h9-11,15-16,37-39,41-53,60-61,110-113H,7-8,12-14,17-36,80H2,1-6H3,(H2,81,114)(H2,82,121)(H,92,123)(H,93,124)(H,94,125)(H,95,134)(H,96,115)(H,97,116)(H,98,117)(H,99,118)(H,100,128)(H,101,130)(H,102,131)(H,103,133)(H,104,135)(H,105,122)(H,106,129)(H,107,132)(H,108,127)(H,109,126)(H,119,120)(H4,83,84,89)(H4,85,86,90)(H4,87,88,91)/t38-,39-,41-,42-,43-,44-,45-,46-,47-,48-,49-,50-,51-,52-,53+,60-,61-/m0/s1. The molecule has 0 radical (unpaired) electrons. The van der Waals surface area contributed by atoms with Crippen LogP contribution in [0.1, 0.15) is 118 Å². The molecule has 0 saturated carbocycles. The number of guanidine groups is 3. The average molecular weight is 1980 g/mol. The molecule has 0 spiro atoms. The molecule has 0 aliphatic carbocycles. The van der Waals surface area contributed by atoms with Gasteiger partial charge in [0.1, 0.15) is 90.6 Å². The Hall–Kier alpha value is -13.6. The summed E-state index contributed by atoms with van der Waals surface area (Å²) in [6, 6.07) is -18.6. The van der Waals surface area contributed by atoms with Gasteiger partial charge in [-0.15, -0.1) is 0 Å². The highest BCUT2D eigenvalue weighted by Gasteiger charge is 2.40. The smallest absolute Gasteiger partial charge is 0.305 e. The van der Waals surface area contributed by atoms with Crippen molar-refractivity contribution in [1.29, 1.82) is 0 Å². The highest BCUT2D eigenvalue weighted by Crippen LogP contribution is 2.24. The number of aliphatic hydroxyl groups is 4. The number of rotatable bonds is 41. The lowest BCUT2D eigenvalue weighted by molar-refractivity contribution is -0.142. The van der Waals surface area contributed by atoms with E-state index in [-0.39, 0.29) is 95.8 Å². The molecule has 17 atom stereocenters. The molecule has 0 aromatic heterocycles. The number of aliphatic hydroxyl groups excluding tert-OH is 4. The summed E-state index contributed by atoms with van der Waals surface area (Å²) in [4.78, 5) is 303. The van der Waals surface area contributed by atoms with Crippen LogP contribution >= 0.6 is 21.6 Å². The largest absolute Gasteiger partial charge is 0.481 e. The third-order valence-corrected chi connectivity index (χ3v) is 22.6. The number of nitrogens with two attached hydrogens (primary N) is 9. The molecular formula is C79H132N30O26S2. The molecule has 1 saturated heterocycles. The normalized spacial score (nSPS) is 21.3. The van der Waals surface area contributed by atoms with E-state index < -0.39 is 315 Å². The maximum absolute atomic E-state index is 14.8. The van der Waals surface area contributed by atoms with Crippen molar-refractivity contribution in [2.75, 3.05) is 83.7 Å². The van der Waals surface area contributed by atoms with Gasteiger partial charge >= 0.3 is 5.97 Å². The Morgan fingerprint density at radius 1 is 0.445 bits per heavy atom. The zero-order valence-electron chi connectivity index (χ0n) is 76.6. The zero-order valence-corrected chi connectivity index (χ0v) is 78.3. The monoisotopic (exact) mass is 1980 g/mol. The van der Waals surface area contributed by atoms with Crippen molar-refractivity contribution in [3.05, 3.63) is 35.9 Å². The molecule has 1 aromatic rings. The number of hydrogen-bond donors (Lipinski definition) is 32. The second-order valence-corrected chi connectivity index (χ2v) is 34.4. The van der Waals surface area contributed by atoms with E-state index in [4.69, 9.17) is 51.6 Å². The summed E-state index contributed by atoms with van der Waals surface area (Å²) in [7, 11) is 1.19. The zero-order chi connectivity index (χ0) is 103. The van der Waals surface area contributed by atoms with Crippen molar-refractivity contribution in [2.24, 2.45) is 84.3 Å². The van der Waals surface area contributed by atoms with Crippen molar-refractivity contribution in [1.82, 2.24) is 95.7 Å². The van der Waals surface area contributed by atoms with Crippen LogP contribution in [0.5, 0.6) is 0 Å². The van der Waals surface area contributed by atoms with Gasteiger partial charge in [0.25, 0.3) is 0 Å². The van der Waals surface area contributed by atoms with Gasteiger partial charge in [0.15, 0.2) is 17.9 Å². The molecule has 41 N–H and O–H groups in total. The van der Waals surface area contributed by atoms with E-state index in [1.54, 1.807) is 58.0 Å². The lowest BCUT2D eigenvalue weighted by Crippen LogP contribution is -2.61. The Morgan fingerprint density at radius 2 is 0.869 bits per heavy atom. The molecule has 58 heteroatoms. The van der Waals surface area contributed by atoms with Crippen LogP contribution in [0, 0.1) is 17.8 Å². The van der Waals surface area contributed by atoms with Gasteiger partial charge in [0, 0.05) is 37.6 Å². The number of aliphatic imine (C=N–C) groups is 3. The van der Waals surface area contributed by atoms with Crippen LogP contribution in [-0.4, -0.2) is 342 Å². The second-order valence-electron chi connectivity index (χ2n) is 31.8. The quantitative estimate of drug-likeness (QED) is 0.0125. The summed E-state index contributed by atoms with van der Waals surface area (Å²) < 4.78 is 0. The number of carbonyl (C=O) groups is 21. The van der Waals surface area contributed by atoms with Crippen LogP contribution in [-0.2, 0) is 107 Å². The summed E-state index contributed by atoms with van der Waals surface area (Å²) in [5, 5.41) is 92.6. The van der Waals surface area contributed by atoms with Gasteiger partial charge in [-0.2, -0.15) is 0 Å². The summed E-state index contributed by atoms with van der Waals surface area (Å²) in [5.41, 5.74) is 50.2. The first-order chi connectivity index (χ1) is 64.6. The van der Waals surface area contributed by atoms with E-state index in [1.165, 1.54) is 13.8 Å². The van der Waals surface area contributed by atoms with E-state index in [9.17, 15) is 126 Å². The van der Waals surface area contributed by atoms with E-state index in [0.29, 0.717) is 27.2 Å². The molecule has 137 heavy (non-hydrogen) atoms. The number of nitrogens with one attached hydrogen (secondary N) is 18. The van der Waals surface area contributed by atoms with Gasteiger partial charge in [0.05, 0.1) is 65.4 Å². The molecule has 1 heterocycles. The number of amides is 20. The van der Waals surface area contributed by atoms with Crippen LogP contribution in [0.4, 0.5) is 0 Å². The number of carboxylic acid groups (broad SMARTS) is 1. The minimum absolute atomic E-state index is 0.0209. The van der Waals surface area contributed by atoms with Crippen molar-refractivity contribution in [3.63, 3.8) is 0 Å². The summed E-state index contributed by atoms with van der Waals surface area (Å²) >= 11 is 0. The maximum Gasteiger partial charge on any atom is 0.305 e. The first-order valence-electron chi connectivity index (χ1n) is 43.4. The number of aliphatic carboxylic acids is 1. The first-order valence-corrected chi connectivity index (χ1v) is 45.9. The van der Waals surface area contributed by atoms with Gasteiger partial charge in [-0.3, -0.25) is 116 Å². The van der Waals surface area contributed by atoms with E-state index in [0.717, 1.165) is 0 Å². The van der Waals surface area contributed by atoms with Crippen molar-refractivity contribution in [2.45, 2.75) is 209 Å². The van der Waals surface area contributed by atoms with Gasteiger partial charge < -0.3 is 173 Å². The molecule has 1 aliphatic rings. The number of nitrogens with zero attached hydrogens (tertiary/aromatic N) is 3. The SMILES string of the molecule is CC[C@H](C)[C@@H]1NC(=O)[C@H](CCCN=C(N)N)NC(=O)[C@H](CC(=O)O)NC(=O)[C@H]([C@@H](C)CC)NC(=O)[C@H](CCCN=C(N)N)NC(=O)CNC(=O)[C@@H](NC(=O)[C@H](CO)NC(=O)[C@@H](N)CO)CSSC[C@H](C(=O)N[C@@H](CC(N)=O)C(=O)N[C@@H](CO)C(=O)N[C@@H](Cc2ccccc2)C(=O)N[C@@H](CCCN=C(N)N)C(N)=O)NC(=O)CNC(=O)[C@H](CC(C)C)NC(=O)CNC(=O)[C@H](CO)NC(=O)CNC1=O. The minimum atomic E-state index is -2.13. The first kappa shape index (κ1) is 119. The van der Waals surface area contributed by atoms with Crippen molar-refractivity contribution in [3.8, 4) is 0 Å². The molecule has 2 rings (SSSR count). The second kappa shape index (κ2) is 63.6. The molecule has 766 valence electrons. The maximum atomic E-state index is 14.8.